The smallest absolute Gasteiger partial charge is 0.408 e. The SMILES string of the molecule is O=c1oc2cc(I)ccc2n1CCCOCC(F)(F)F. The summed E-state index contributed by atoms with van der Waals surface area (Å²) in [6.07, 6.45) is -4.02. The summed E-state index contributed by atoms with van der Waals surface area (Å²) in [5.41, 5.74) is 1.10. The summed E-state index contributed by atoms with van der Waals surface area (Å²) in [4.78, 5) is 11.6. The first-order chi connectivity index (χ1) is 9.37. The first-order valence-corrected chi connectivity index (χ1v) is 6.88. The van der Waals surface area contributed by atoms with Crippen molar-refractivity contribution in [2.75, 3.05) is 13.2 Å². The first-order valence-electron chi connectivity index (χ1n) is 5.80. The third-order valence-corrected chi connectivity index (χ3v) is 3.24. The third-order valence-electron chi connectivity index (χ3n) is 2.57. The molecular formula is C12H11F3INO3. The van der Waals surface area contributed by atoms with Crippen molar-refractivity contribution in [1.82, 2.24) is 4.57 Å². The monoisotopic (exact) mass is 401 g/mol. The van der Waals surface area contributed by atoms with E-state index in [4.69, 9.17) is 4.42 Å². The molecule has 0 saturated carbocycles. The Balaban J connectivity index is 1.97. The minimum Gasteiger partial charge on any atom is -0.408 e. The van der Waals surface area contributed by atoms with Gasteiger partial charge >= 0.3 is 11.9 Å². The highest BCUT2D eigenvalue weighted by Gasteiger charge is 2.27. The molecule has 0 fully saturated rings. The molecule has 2 rings (SSSR count). The van der Waals surface area contributed by atoms with E-state index in [0.29, 0.717) is 17.5 Å². The number of aryl methyl sites for hydroxylation is 1. The Hall–Kier alpha value is -1.03. The summed E-state index contributed by atoms with van der Waals surface area (Å²) in [6.45, 7) is -1.08. The van der Waals surface area contributed by atoms with Crippen LogP contribution in [0.5, 0.6) is 0 Å². The molecule has 2 aromatic rings. The fourth-order valence-electron chi connectivity index (χ4n) is 1.76. The molecule has 20 heavy (non-hydrogen) atoms. The van der Waals surface area contributed by atoms with Gasteiger partial charge in [-0.15, -0.1) is 0 Å². The molecule has 1 aromatic carbocycles. The van der Waals surface area contributed by atoms with Crippen LogP contribution in [0.25, 0.3) is 11.1 Å². The minimum absolute atomic E-state index is 0.0665. The summed E-state index contributed by atoms with van der Waals surface area (Å²) in [7, 11) is 0. The molecule has 0 saturated heterocycles. The summed E-state index contributed by atoms with van der Waals surface area (Å²) in [6, 6.07) is 5.31. The van der Waals surface area contributed by atoms with Gasteiger partial charge in [-0.2, -0.15) is 13.2 Å². The Bertz CT molecular complexity index is 647. The number of ether oxygens (including phenoxy) is 1. The number of oxazole rings is 1. The molecule has 4 nitrogen and oxygen atoms in total. The van der Waals surface area contributed by atoms with Gasteiger partial charge in [0.25, 0.3) is 0 Å². The fourth-order valence-corrected chi connectivity index (χ4v) is 2.23. The van der Waals surface area contributed by atoms with E-state index >= 15 is 0 Å². The summed E-state index contributed by atoms with van der Waals surface area (Å²) >= 11 is 2.10. The predicted molar refractivity (Wildman–Crippen MR) is 74.7 cm³/mol. The molecule has 1 heterocycles. The van der Waals surface area contributed by atoms with Crippen molar-refractivity contribution in [2.45, 2.75) is 19.1 Å². The van der Waals surface area contributed by atoms with Gasteiger partial charge in [-0.05, 0) is 47.2 Å². The van der Waals surface area contributed by atoms with E-state index in [1.807, 2.05) is 6.07 Å². The summed E-state index contributed by atoms with van der Waals surface area (Å²) in [5.74, 6) is -0.516. The highest BCUT2D eigenvalue weighted by Crippen LogP contribution is 2.17. The maximum Gasteiger partial charge on any atom is 0.419 e. The van der Waals surface area contributed by atoms with Crippen LogP contribution < -0.4 is 5.76 Å². The van der Waals surface area contributed by atoms with Gasteiger partial charge in [0.1, 0.15) is 6.61 Å². The number of hydrogen-bond donors (Lipinski definition) is 0. The van der Waals surface area contributed by atoms with E-state index in [2.05, 4.69) is 27.3 Å². The van der Waals surface area contributed by atoms with Crippen molar-refractivity contribution in [3.05, 3.63) is 32.3 Å². The summed E-state index contributed by atoms with van der Waals surface area (Å²) < 4.78 is 47.5. The van der Waals surface area contributed by atoms with Crippen LogP contribution in [0.3, 0.4) is 0 Å². The Labute approximate surface area is 125 Å². The standard InChI is InChI=1S/C12H11F3INO3/c13-12(14,15)7-19-5-1-4-17-9-3-2-8(16)6-10(9)20-11(17)18/h2-3,6H,1,4-5,7H2. The molecule has 0 aliphatic rings. The third kappa shape index (κ3) is 3.98. The van der Waals surface area contributed by atoms with Crippen LogP contribution in [0.4, 0.5) is 13.2 Å². The predicted octanol–water partition coefficient (Wildman–Crippen LogP) is 3.17. The zero-order valence-electron chi connectivity index (χ0n) is 10.2. The van der Waals surface area contributed by atoms with Crippen molar-refractivity contribution >= 4 is 33.7 Å². The quantitative estimate of drug-likeness (QED) is 0.571. The van der Waals surface area contributed by atoms with E-state index in [1.165, 1.54) is 4.57 Å². The van der Waals surface area contributed by atoms with Gasteiger partial charge in [0.15, 0.2) is 5.58 Å². The molecule has 0 aliphatic heterocycles. The fraction of sp³-hybridized carbons (Fsp3) is 0.417. The van der Waals surface area contributed by atoms with Crippen LogP contribution in [0.15, 0.2) is 27.4 Å². The normalized spacial score (nSPS) is 12.2. The molecular weight excluding hydrogens is 390 g/mol. The number of nitrogens with zero attached hydrogens (tertiary/aromatic N) is 1. The second-order valence-corrected chi connectivity index (χ2v) is 5.40. The lowest BCUT2D eigenvalue weighted by atomic mass is 10.3. The van der Waals surface area contributed by atoms with Crippen molar-refractivity contribution in [2.24, 2.45) is 0 Å². The minimum atomic E-state index is -4.32. The van der Waals surface area contributed by atoms with Crippen LogP contribution in [-0.4, -0.2) is 24.0 Å². The lowest BCUT2D eigenvalue weighted by Crippen LogP contribution is -2.19. The van der Waals surface area contributed by atoms with Crippen LogP contribution >= 0.6 is 22.6 Å². The molecule has 0 atom stereocenters. The Morgan fingerprint density at radius 1 is 1.35 bits per heavy atom. The van der Waals surface area contributed by atoms with Crippen LogP contribution in [0.1, 0.15) is 6.42 Å². The second-order valence-electron chi connectivity index (χ2n) is 4.15. The molecule has 0 bridgehead atoms. The highest BCUT2D eigenvalue weighted by molar-refractivity contribution is 14.1. The maximum absolute atomic E-state index is 11.9. The van der Waals surface area contributed by atoms with E-state index in [1.54, 1.807) is 12.1 Å². The van der Waals surface area contributed by atoms with E-state index in [-0.39, 0.29) is 13.2 Å². The molecule has 8 heteroatoms. The highest BCUT2D eigenvalue weighted by atomic mass is 127. The lowest BCUT2D eigenvalue weighted by Gasteiger charge is -2.07. The molecule has 1 aromatic heterocycles. The van der Waals surface area contributed by atoms with Crippen LogP contribution in [0.2, 0.25) is 0 Å². The van der Waals surface area contributed by atoms with Crippen molar-refractivity contribution < 1.29 is 22.3 Å². The van der Waals surface area contributed by atoms with E-state index < -0.39 is 18.5 Å². The Kier molecular flexibility index (Phi) is 4.74. The van der Waals surface area contributed by atoms with Gasteiger partial charge in [0, 0.05) is 16.7 Å². The van der Waals surface area contributed by atoms with Crippen molar-refractivity contribution in [3.8, 4) is 0 Å². The van der Waals surface area contributed by atoms with Crippen molar-refractivity contribution in [1.29, 1.82) is 0 Å². The average molecular weight is 401 g/mol. The molecule has 0 spiro atoms. The van der Waals surface area contributed by atoms with Crippen LogP contribution in [0, 0.1) is 3.57 Å². The number of benzene rings is 1. The number of alkyl halides is 3. The number of fused-ring (bicyclic) bond motifs is 1. The van der Waals surface area contributed by atoms with Gasteiger partial charge in [0.05, 0.1) is 5.52 Å². The molecule has 0 aliphatic carbocycles. The Morgan fingerprint density at radius 2 is 2.10 bits per heavy atom. The van der Waals surface area contributed by atoms with E-state index in [9.17, 15) is 18.0 Å². The zero-order valence-corrected chi connectivity index (χ0v) is 12.4. The molecule has 0 radical (unpaired) electrons. The van der Waals surface area contributed by atoms with Crippen LogP contribution in [-0.2, 0) is 11.3 Å². The number of rotatable bonds is 5. The van der Waals surface area contributed by atoms with Gasteiger partial charge in [-0.1, -0.05) is 0 Å². The molecule has 0 amide bonds. The zero-order chi connectivity index (χ0) is 14.8. The van der Waals surface area contributed by atoms with Gasteiger partial charge < -0.3 is 9.15 Å². The molecule has 0 N–H and O–H groups in total. The maximum atomic E-state index is 11.9. The van der Waals surface area contributed by atoms with E-state index in [0.717, 1.165) is 3.57 Å². The molecule has 0 unspecified atom stereocenters. The van der Waals surface area contributed by atoms with Crippen molar-refractivity contribution in [3.63, 3.8) is 0 Å². The first kappa shape index (κ1) is 15.4. The molecule has 110 valence electrons. The average Bonchev–Trinajstić information content (AvgIpc) is 2.63. The number of halogens is 4. The second kappa shape index (κ2) is 6.17. The number of aromatic nitrogens is 1. The lowest BCUT2D eigenvalue weighted by molar-refractivity contribution is -0.174. The topological polar surface area (TPSA) is 44.4 Å². The largest absolute Gasteiger partial charge is 0.419 e. The van der Waals surface area contributed by atoms with Gasteiger partial charge in [0.2, 0.25) is 0 Å². The summed E-state index contributed by atoms with van der Waals surface area (Å²) in [5, 5.41) is 0. The van der Waals surface area contributed by atoms with Gasteiger partial charge in [-0.25, -0.2) is 4.79 Å². The van der Waals surface area contributed by atoms with Gasteiger partial charge in [-0.3, -0.25) is 4.57 Å². The Morgan fingerprint density at radius 3 is 2.80 bits per heavy atom. The number of hydrogen-bond acceptors (Lipinski definition) is 3.